The van der Waals surface area contributed by atoms with Crippen molar-refractivity contribution in [2.24, 2.45) is 0 Å². The molecule has 96 heavy (non-hydrogen) atoms. The Morgan fingerprint density at radius 2 is 0.729 bits per heavy atom. The minimum atomic E-state index is -0.356. The summed E-state index contributed by atoms with van der Waals surface area (Å²) in [6, 6.07) is 120. The molecular formula is C90H62BN5. The highest BCUT2D eigenvalue weighted by molar-refractivity contribution is 7.00. The van der Waals surface area contributed by atoms with E-state index in [1.807, 2.05) is 24.3 Å². The molecule has 14 aromatic carbocycles. The second kappa shape index (κ2) is 23.3. The van der Waals surface area contributed by atoms with Crippen LogP contribution in [0.25, 0.3) is 110 Å². The molecule has 3 heterocycles. The average Bonchev–Trinajstić information content (AvgIpc) is 0.763. The number of hydrogen-bond donors (Lipinski definition) is 0. The van der Waals surface area contributed by atoms with Gasteiger partial charge in [-0.25, -0.2) is 4.85 Å². The highest BCUT2D eigenvalue weighted by atomic mass is 15.2. The molecule has 0 atom stereocenters. The van der Waals surface area contributed by atoms with Crippen LogP contribution in [0.2, 0.25) is 0 Å². The van der Waals surface area contributed by atoms with Gasteiger partial charge in [0.25, 0.3) is 6.71 Å². The van der Waals surface area contributed by atoms with Crippen molar-refractivity contribution in [2.75, 3.05) is 9.80 Å². The number of rotatable bonds is 10. The number of hydrogen-bond acceptors (Lipinski definition) is 3. The number of nitrogens with zero attached hydrogens (tertiary/aromatic N) is 5. The standard InChI is InChI=1S/C90H62BN5/c1-90(2,3)70-55-85-87-86(56-70)96(89-77(65-30-16-8-17-31-65)52-69(62-42-45-71(93-4)46-43-62)53-78(89)66-32-18-9-19-33-66)84-57-72(94-81-36-22-20-34-73(81)74-35-21-23-37-82(74)94)47-49-80(84)91(87)79-48-44-67(60-24-10-5-11-25-60)54-83(79)95(85)88-75(63-26-12-6-13-27-63)50-68(61-40-38-59(58-92)39-41-61)51-76(88)64-28-14-7-15-29-64/h5-57H,1-3H3. The molecule has 2 aliphatic rings. The van der Waals surface area contributed by atoms with Gasteiger partial charge in [-0.3, -0.25) is 0 Å². The van der Waals surface area contributed by atoms with Crippen LogP contribution in [0.1, 0.15) is 31.9 Å². The smallest absolute Gasteiger partial charge is 0.252 e. The molecule has 1 aromatic heterocycles. The monoisotopic (exact) mass is 1220 g/mol. The van der Waals surface area contributed by atoms with Crippen LogP contribution in [0.3, 0.4) is 0 Å². The van der Waals surface area contributed by atoms with E-state index in [4.69, 9.17) is 6.57 Å². The minimum absolute atomic E-state index is 0.252. The Hall–Kier alpha value is -12.5. The lowest BCUT2D eigenvalue weighted by molar-refractivity contribution is 0.590. The third-order valence-corrected chi connectivity index (χ3v) is 19.5. The summed E-state index contributed by atoms with van der Waals surface area (Å²) in [5.74, 6) is 0. The predicted octanol–water partition coefficient (Wildman–Crippen LogP) is 22.3. The highest BCUT2D eigenvalue weighted by Crippen LogP contribution is 2.55. The Labute approximate surface area is 560 Å². The molecule has 0 aliphatic carbocycles. The van der Waals surface area contributed by atoms with E-state index < -0.39 is 0 Å². The molecule has 0 saturated carbocycles. The molecule has 17 rings (SSSR count). The quantitative estimate of drug-likeness (QED) is 0.101. The van der Waals surface area contributed by atoms with Crippen molar-refractivity contribution in [3.8, 4) is 89.6 Å². The zero-order valence-electron chi connectivity index (χ0n) is 53.4. The van der Waals surface area contributed by atoms with Crippen LogP contribution in [0.4, 0.5) is 39.8 Å². The molecule has 0 amide bonds. The van der Waals surface area contributed by atoms with Gasteiger partial charge in [0.2, 0.25) is 0 Å². The lowest BCUT2D eigenvalue weighted by Crippen LogP contribution is -2.61. The summed E-state index contributed by atoms with van der Waals surface area (Å²) < 4.78 is 2.46. The molecule has 0 saturated heterocycles. The van der Waals surface area contributed by atoms with Crippen LogP contribution >= 0.6 is 0 Å². The van der Waals surface area contributed by atoms with E-state index in [9.17, 15) is 5.26 Å². The van der Waals surface area contributed by atoms with E-state index in [-0.39, 0.29) is 12.1 Å². The van der Waals surface area contributed by atoms with Crippen molar-refractivity contribution in [3.63, 3.8) is 0 Å². The molecule has 6 heteroatoms. The molecule has 0 N–H and O–H groups in total. The topological polar surface area (TPSA) is 39.6 Å². The van der Waals surface area contributed by atoms with Crippen LogP contribution in [0.15, 0.2) is 322 Å². The summed E-state index contributed by atoms with van der Waals surface area (Å²) in [6.07, 6.45) is 0. The fourth-order valence-corrected chi connectivity index (χ4v) is 14.9. The average molecular weight is 1220 g/mol. The van der Waals surface area contributed by atoms with Gasteiger partial charge in [0, 0.05) is 61.5 Å². The van der Waals surface area contributed by atoms with E-state index >= 15 is 0 Å². The number of aromatic nitrogens is 1. The molecule has 5 nitrogen and oxygen atoms in total. The van der Waals surface area contributed by atoms with Gasteiger partial charge in [-0.1, -0.05) is 263 Å². The lowest BCUT2D eigenvalue weighted by atomic mass is 9.33. The molecule has 15 aromatic rings. The second-order valence-corrected chi connectivity index (χ2v) is 26.2. The Morgan fingerprint density at radius 3 is 1.16 bits per heavy atom. The molecule has 450 valence electrons. The van der Waals surface area contributed by atoms with Crippen molar-refractivity contribution in [1.29, 1.82) is 5.26 Å². The van der Waals surface area contributed by atoms with Gasteiger partial charge in [0.15, 0.2) is 5.69 Å². The maximum absolute atomic E-state index is 10.0. The maximum atomic E-state index is 10.0. The first-order valence-electron chi connectivity index (χ1n) is 32.8. The van der Waals surface area contributed by atoms with Gasteiger partial charge < -0.3 is 14.4 Å². The zero-order chi connectivity index (χ0) is 64.6. The van der Waals surface area contributed by atoms with Crippen LogP contribution < -0.4 is 26.2 Å². The highest BCUT2D eigenvalue weighted by Gasteiger charge is 2.46. The van der Waals surface area contributed by atoms with Crippen molar-refractivity contribution >= 4 is 84.7 Å². The Balaban J connectivity index is 1.05. The van der Waals surface area contributed by atoms with E-state index in [0.717, 1.165) is 129 Å². The molecular weight excluding hydrogens is 1160 g/mol. The molecule has 0 bridgehead atoms. The van der Waals surface area contributed by atoms with E-state index in [0.29, 0.717) is 11.3 Å². The number of anilines is 6. The van der Waals surface area contributed by atoms with Crippen molar-refractivity contribution in [2.45, 2.75) is 26.2 Å². The third-order valence-electron chi connectivity index (χ3n) is 19.5. The van der Waals surface area contributed by atoms with E-state index in [1.165, 1.54) is 32.7 Å². The first-order chi connectivity index (χ1) is 47.2. The number of nitriles is 1. The van der Waals surface area contributed by atoms with Crippen LogP contribution in [0, 0.1) is 17.9 Å². The summed E-state index contributed by atoms with van der Waals surface area (Å²) >= 11 is 0. The van der Waals surface area contributed by atoms with Crippen LogP contribution in [-0.4, -0.2) is 11.3 Å². The maximum Gasteiger partial charge on any atom is 0.252 e. The number of fused-ring (bicyclic) bond motifs is 7. The summed E-state index contributed by atoms with van der Waals surface area (Å²) in [4.78, 5) is 9.10. The summed E-state index contributed by atoms with van der Waals surface area (Å²) in [5.41, 5.74) is 30.5. The fourth-order valence-electron chi connectivity index (χ4n) is 14.9. The van der Waals surface area contributed by atoms with Gasteiger partial charge in [-0.15, -0.1) is 0 Å². The lowest BCUT2D eigenvalue weighted by Gasteiger charge is -2.46. The predicted molar refractivity (Wildman–Crippen MR) is 403 cm³/mol. The Kier molecular flexibility index (Phi) is 13.9. The summed E-state index contributed by atoms with van der Waals surface area (Å²) in [6.45, 7) is 14.7. The minimum Gasteiger partial charge on any atom is -0.310 e. The molecule has 0 fully saturated rings. The second-order valence-electron chi connectivity index (χ2n) is 26.2. The Morgan fingerprint density at radius 1 is 0.354 bits per heavy atom. The van der Waals surface area contributed by atoms with Gasteiger partial charge >= 0.3 is 0 Å². The van der Waals surface area contributed by atoms with Crippen molar-refractivity contribution in [1.82, 2.24) is 4.57 Å². The van der Waals surface area contributed by atoms with Gasteiger partial charge in [-0.2, -0.15) is 5.26 Å². The van der Waals surface area contributed by atoms with Crippen LogP contribution in [0.5, 0.6) is 0 Å². The van der Waals surface area contributed by atoms with Gasteiger partial charge in [0.1, 0.15) is 0 Å². The largest absolute Gasteiger partial charge is 0.310 e. The Bertz CT molecular complexity index is 5450. The first-order valence-corrected chi connectivity index (χ1v) is 32.8. The fraction of sp³-hybridized carbons (Fsp3) is 0.0444. The molecule has 0 radical (unpaired) electrons. The van der Waals surface area contributed by atoms with E-state index in [1.54, 1.807) is 0 Å². The van der Waals surface area contributed by atoms with Gasteiger partial charge in [0.05, 0.1) is 40.6 Å². The molecule has 2 aliphatic heterocycles. The summed E-state index contributed by atoms with van der Waals surface area (Å²) in [7, 11) is 0. The first kappa shape index (κ1) is 57.4. The zero-order valence-corrected chi connectivity index (χ0v) is 53.4. The van der Waals surface area contributed by atoms with Gasteiger partial charge in [-0.05, 0) is 162 Å². The number of benzene rings is 14. The van der Waals surface area contributed by atoms with Crippen LogP contribution in [-0.2, 0) is 5.41 Å². The molecule has 0 unspecified atom stereocenters. The number of para-hydroxylation sites is 2. The van der Waals surface area contributed by atoms with E-state index in [2.05, 4.69) is 343 Å². The van der Waals surface area contributed by atoms with Crippen molar-refractivity contribution in [3.05, 3.63) is 344 Å². The molecule has 0 spiro atoms. The van der Waals surface area contributed by atoms with Crippen molar-refractivity contribution < 1.29 is 0 Å². The third kappa shape index (κ3) is 9.69. The normalized spacial score (nSPS) is 12.2. The summed E-state index contributed by atoms with van der Waals surface area (Å²) in [5, 5.41) is 12.4. The SMILES string of the molecule is [C-]#[N+]c1ccc(-c2cc(-c3ccccc3)c(N3c4cc(-n5c6ccccc6c6ccccc65)ccc4B4c5ccc(-c6ccccc6)cc5N(c5c(-c6ccccc6)cc(-c6ccc(C#N)cc6)cc5-c5ccccc5)c5cc(C(C)(C)C)cc3c54)c(-c3ccccc3)c2)cc1.